The lowest BCUT2D eigenvalue weighted by Crippen LogP contribution is -2.11. The molecule has 1 aromatic heterocycles. The van der Waals surface area contributed by atoms with Crippen molar-refractivity contribution in [1.82, 2.24) is 4.98 Å². The zero-order chi connectivity index (χ0) is 22.8. The molecule has 1 unspecified atom stereocenters. The van der Waals surface area contributed by atoms with E-state index in [0.29, 0.717) is 23.1 Å². The smallest absolute Gasteiger partial charge is 0.300 e. The Balaban J connectivity index is 2.31. The van der Waals surface area contributed by atoms with Gasteiger partial charge in [0.15, 0.2) is 9.84 Å². The van der Waals surface area contributed by atoms with Crippen LogP contribution in [0.5, 0.6) is 5.88 Å². The summed E-state index contributed by atoms with van der Waals surface area (Å²) < 4.78 is 71.8. The molecule has 0 N–H and O–H groups in total. The molecule has 0 saturated heterocycles. The van der Waals surface area contributed by atoms with E-state index >= 15 is 0 Å². The van der Waals surface area contributed by atoms with E-state index < -0.39 is 27.0 Å². The summed E-state index contributed by atoms with van der Waals surface area (Å²) in [5, 5.41) is 0. The highest BCUT2D eigenvalue weighted by Gasteiger charge is 2.33. The predicted octanol–water partition coefficient (Wildman–Crippen LogP) is 5.67. The molecule has 164 valence electrons. The van der Waals surface area contributed by atoms with E-state index in [-0.39, 0.29) is 22.9 Å². The normalized spacial score (nSPS) is 12.1. The van der Waals surface area contributed by atoms with Crippen LogP contribution in [0.3, 0.4) is 0 Å². The van der Waals surface area contributed by atoms with Crippen LogP contribution < -0.4 is 4.74 Å². The molecule has 0 radical (unpaired) electrons. The SMILES string of the molecule is CCCOc1cc(-c2ccc(S(C)(=O)=O)cc2)c(-c2ccc(F)cc2)c(C(F)(F)P)n1. The molecule has 4 nitrogen and oxygen atoms in total. The highest BCUT2D eigenvalue weighted by atomic mass is 32.2. The van der Waals surface area contributed by atoms with Gasteiger partial charge in [-0.05, 0) is 47.4 Å². The maximum absolute atomic E-state index is 14.6. The molecule has 31 heavy (non-hydrogen) atoms. The number of sulfone groups is 1. The Morgan fingerprint density at radius 1 is 1.03 bits per heavy atom. The standard InChI is InChI=1S/C22H21F3NO3PS/c1-3-12-29-19-13-18(14-6-10-17(11-7-14)31(2,27)28)20(21(26-19)22(24,25)30)15-4-8-16(23)9-5-15/h4-11,13H,3,12,30H2,1-2H3. The minimum absolute atomic E-state index is 0.0204. The fourth-order valence-electron chi connectivity index (χ4n) is 3.06. The Bertz CT molecular complexity index is 1180. The Hall–Kier alpha value is -2.44. The lowest BCUT2D eigenvalue weighted by Gasteiger charge is -2.20. The zero-order valence-electron chi connectivity index (χ0n) is 16.9. The molecule has 0 fully saturated rings. The van der Waals surface area contributed by atoms with E-state index in [1.807, 2.05) is 6.92 Å². The largest absolute Gasteiger partial charge is 0.478 e. The van der Waals surface area contributed by atoms with Gasteiger partial charge in [0.2, 0.25) is 5.88 Å². The maximum Gasteiger partial charge on any atom is 0.300 e. The van der Waals surface area contributed by atoms with Crippen molar-refractivity contribution in [2.24, 2.45) is 0 Å². The van der Waals surface area contributed by atoms with Crippen molar-refractivity contribution in [3.05, 3.63) is 66.1 Å². The molecule has 0 bridgehead atoms. The van der Waals surface area contributed by atoms with Gasteiger partial charge in [0.05, 0.1) is 11.5 Å². The van der Waals surface area contributed by atoms with Crippen LogP contribution in [0.4, 0.5) is 13.2 Å². The predicted molar refractivity (Wildman–Crippen MR) is 118 cm³/mol. The van der Waals surface area contributed by atoms with Gasteiger partial charge >= 0.3 is 5.66 Å². The number of benzene rings is 2. The fourth-order valence-corrected chi connectivity index (χ4v) is 3.90. The van der Waals surface area contributed by atoms with Gasteiger partial charge < -0.3 is 4.74 Å². The van der Waals surface area contributed by atoms with Gasteiger partial charge in [0.25, 0.3) is 0 Å². The van der Waals surface area contributed by atoms with Gasteiger partial charge in [-0.3, -0.25) is 0 Å². The first-order valence-electron chi connectivity index (χ1n) is 9.42. The number of hydrogen-bond donors (Lipinski definition) is 0. The van der Waals surface area contributed by atoms with Crippen LogP contribution in [-0.4, -0.2) is 26.3 Å². The van der Waals surface area contributed by atoms with E-state index in [1.54, 1.807) is 0 Å². The van der Waals surface area contributed by atoms with Crippen LogP contribution in [0.15, 0.2) is 59.5 Å². The quantitative estimate of drug-likeness (QED) is 0.420. The summed E-state index contributed by atoms with van der Waals surface area (Å²) in [5.74, 6) is -0.482. The minimum Gasteiger partial charge on any atom is -0.478 e. The van der Waals surface area contributed by atoms with Crippen molar-refractivity contribution in [3.63, 3.8) is 0 Å². The monoisotopic (exact) mass is 467 g/mol. The maximum atomic E-state index is 14.6. The Kier molecular flexibility index (Phi) is 6.72. The molecule has 0 aliphatic carbocycles. The van der Waals surface area contributed by atoms with Gasteiger partial charge in [0.1, 0.15) is 11.5 Å². The second kappa shape index (κ2) is 8.97. The fraction of sp³-hybridized carbons (Fsp3) is 0.227. The van der Waals surface area contributed by atoms with Gasteiger partial charge in [-0.25, -0.2) is 17.8 Å². The van der Waals surface area contributed by atoms with Crippen molar-refractivity contribution in [1.29, 1.82) is 0 Å². The van der Waals surface area contributed by atoms with Crippen molar-refractivity contribution in [2.45, 2.75) is 23.9 Å². The molecule has 0 aliphatic rings. The first-order chi connectivity index (χ1) is 14.5. The third kappa shape index (κ3) is 5.43. The summed E-state index contributed by atoms with van der Waals surface area (Å²) in [6.07, 6.45) is 1.74. The van der Waals surface area contributed by atoms with Crippen molar-refractivity contribution >= 4 is 19.1 Å². The van der Waals surface area contributed by atoms with E-state index in [2.05, 4.69) is 4.98 Å². The average molecular weight is 467 g/mol. The average Bonchev–Trinajstić information content (AvgIpc) is 2.71. The van der Waals surface area contributed by atoms with Crippen molar-refractivity contribution in [2.75, 3.05) is 12.9 Å². The van der Waals surface area contributed by atoms with Gasteiger partial charge in [-0.2, -0.15) is 8.78 Å². The Morgan fingerprint density at radius 2 is 1.61 bits per heavy atom. The number of rotatable bonds is 7. The van der Waals surface area contributed by atoms with E-state index in [1.165, 1.54) is 63.8 Å². The number of hydrogen-bond acceptors (Lipinski definition) is 4. The zero-order valence-corrected chi connectivity index (χ0v) is 18.9. The molecule has 1 heterocycles. The van der Waals surface area contributed by atoms with Crippen LogP contribution in [0, 0.1) is 5.82 Å². The van der Waals surface area contributed by atoms with Crippen LogP contribution in [0.2, 0.25) is 0 Å². The summed E-state index contributed by atoms with van der Waals surface area (Å²) in [7, 11) is -1.95. The lowest BCUT2D eigenvalue weighted by atomic mass is 9.93. The lowest BCUT2D eigenvalue weighted by molar-refractivity contribution is 0.0982. The van der Waals surface area contributed by atoms with E-state index in [4.69, 9.17) is 4.74 Å². The molecule has 0 aliphatic heterocycles. The Morgan fingerprint density at radius 3 is 2.13 bits per heavy atom. The summed E-state index contributed by atoms with van der Waals surface area (Å²) in [6, 6.07) is 12.6. The number of halogens is 3. The minimum atomic E-state index is -3.42. The molecule has 0 spiro atoms. The summed E-state index contributed by atoms with van der Waals surface area (Å²) in [4.78, 5) is 4.14. The van der Waals surface area contributed by atoms with Crippen molar-refractivity contribution in [3.8, 4) is 28.1 Å². The van der Waals surface area contributed by atoms with Crippen LogP contribution in [0.1, 0.15) is 19.0 Å². The molecule has 0 amide bonds. The molecule has 2 aromatic carbocycles. The second-order valence-corrected chi connectivity index (χ2v) is 9.75. The molecule has 9 heteroatoms. The number of nitrogens with zero attached hydrogens (tertiary/aromatic N) is 1. The highest BCUT2D eigenvalue weighted by Crippen LogP contribution is 2.45. The topological polar surface area (TPSA) is 56.3 Å². The number of ether oxygens (including phenoxy) is 1. The first kappa shape index (κ1) is 23.2. The second-order valence-electron chi connectivity index (χ2n) is 7.01. The number of pyridine rings is 1. The van der Waals surface area contributed by atoms with Gasteiger partial charge in [0, 0.05) is 17.9 Å². The molecular weight excluding hydrogens is 446 g/mol. The van der Waals surface area contributed by atoms with Gasteiger partial charge in [-0.15, -0.1) is 0 Å². The molecule has 3 aromatic rings. The summed E-state index contributed by atoms with van der Waals surface area (Å²) >= 11 is 0. The summed E-state index contributed by atoms with van der Waals surface area (Å²) in [6.45, 7) is 2.17. The van der Waals surface area contributed by atoms with Crippen LogP contribution in [-0.2, 0) is 15.5 Å². The molecule has 3 rings (SSSR count). The number of aromatic nitrogens is 1. The van der Waals surface area contributed by atoms with Crippen molar-refractivity contribution < 1.29 is 26.3 Å². The molecular formula is C22H21F3NO3PS. The summed E-state index contributed by atoms with van der Waals surface area (Å²) in [5.41, 5.74) is -2.63. The third-order valence-electron chi connectivity index (χ3n) is 4.49. The molecule has 1 atom stereocenters. The van der Waals surface area contributed by atoms with Gasteiger partial charge in [-0.1, -0.05) is 40.4 Å². The molecule has 0 saturated carbocycles. The highest BCUT2D eigenvalue weighted by molar-refractivity contribution is 7.90. The van der Waals surface area contributed by atoms with Crippen LogP contribution in [0.25, 0.3) is 22.3 Å². The number of alkyl halides is 2. The first-order valence-corrected chi connectivity index (χ1v) is 11.9. The van der Waals surface area contributed by atoms with E-state index in [9.17, 15) is 21.6 Å². The van der Waals surface area contributed by atoms with Crippen LogP contribution >= 0.6 is 9.24 Å². The Labute approximate surface area is 181 Å². The van der Waals surface area contributed by atoms with E-state index in [0.717, 1.165) is 6.26 Å². The third-order valence-corrected chi connectivity index (χ3v) is 5.89.